The fourth-order valence-electron chi connectivity index (χ4n) is 5.13. The van der Waals surface area contributed by atoms with Crippen LogP contribution in [0.4, 0.5) is 0 Å². The number of carbonyl (C=O) groups excluding carboxylic acids is 1. The lowest BCUT2D eigenvalue weighted by molar-refractivity contribution is -0.151. The normalized spacial score (nSPS) is 41.2. The predicted molar refractivity (Wildman–Crippen MR) is 159 cm³/mol. The summed E-state index contributed by atoms with van der Waals surface area (Å²) >= 11 is 0. The molecule has 0 saturated carbocycles. The van der Waals surface area contributed by atoms with Crippen molar-refractivity contribution in [3.63, 3.8) is 0 Å². The van der Waals surface area contributed by atoms with E-state index in [-0.39, 0.29) is 41.9 Å². The molecule has 0 aromatic carbocycles. The van der Waals surface area contributed by atoms with Gasteiger partial charge in [-0.15, -0.1) is 0 Å². The number of aliphatic hydroxyl groups is 4. The van der Waals surface area contributed by atoms with Crippen LogP contribution in [0.15, 0.2) is 72.9 Å². The maximum atomic E-state index is 12.7. The molecule has 39 heavy (non-hydrogen) atoms. The molecule has 0 fully saturated rings. The summed E-state index contributed by atoms with van der Waals surface area (Å²) < 4.78 is 5.84. The van der Waals surface area contributed by atoms with Gasteiger partial charge in [-0.3, -0.25) is 0 Å². The van der Waals surface area contributed by atoms with Gasteiger partial charge in [0.15, 0.2) is 0 Å². The van der Waals surface area contributed by atoms with Gasteiger partial charge < -0.3 is 25.2 Å². The molecule has 220 valence electrons. The average Bonchev–Trinajstić information content (AvgIpc) is 2.88. The minimum Gasteiger partial charge on any atom is -0.458 e. The smallest absolute Gasteiger partial charge is 0.331 e. The van der Waals surface area contributed by atoms with Crippen LogP contribution in [0.5, 0.6) is 0 Å². The Labute approximate surface area is 236 Å². The molecule has 1 aliphatic rings. The van der Waals surface area contributed by atoms with E-state index < -0.39 is 36.5 Å². The Morgan fingerprint density at radius 3 is 2.26 bits per heavy atom. The van der Waals surface area contributed by atoms with E-state index in [1.54, 1.807) is 42.5 Å². The van der Waals surface area contributed by atoms with Crippen molar-refractivity contribution in [3.8, 4) is 0 Å². The summed E-state index contributed by atoms with van der Waals surface area (Å²) in [5, 5.41) is 43.0. The average molecular weight is 545 g/mol. The zero-order chi connectivity index (χ0) is 29.7. The van der Waals surface area contributed by atoms with Gasteiger partial charge >= 0.3 is 5.97 Å². The first-order valence-electron chi connectivity index (χ1n) is 14.2. The predicted octanol–water partition coefficient (Wildman–Crippen LogP) is 5.31. The highest BCUT2D eigenvalue weighted by Crippen LogP contribution is 2.29. The Morgan fingerprint density at radius 2 is 1.62 bits per heavy atom. The number of aliphatic hydroxyl groups excluding tert-OH is 4. The van der Waals surface area contributed by atoms with Crippen molar-refractivity contribution in [2.45, 2.75) is 91.8 Å². The van der Waals surface area contributed by atoms with Crippen molar-refractivity contribution < 1.29 is 30.0 Å². The molecule has 0 amide bonds. The van der Waals surface area contributed by atoms with Gasteiger partial charge in [0.25, 0.3) is 0 Å². The zero-order valence-electron chi connectivity index (χ0n) is 24.9. The van der Waals surface area contributed by atoms with Gasteiger partial charge in [0.2, 0.25) is 0 Å². The maximum absolute atomic E-state index is 12.7. The van der Waals surface area contributed by atoms with Crippen LogP contribution in [0.25, 0.3) is 0 Å². The third kappa shape index (κ3) is 12.2. The number of carbonyl (C=O) groups is 1. The lowest BCUT2D eigenvalue weighted by atomic mass is 9.81. The highest BCUT2D eigenvalue weighted by atomic mass is 16.5. The Bertz CT molecular complexity index is 900. The Kier molecular flexibility index (Phi) is 15.6. The van der Waals surface area contributed by atoms with Crippen LogP contribution in [-0.4, -0.2) is 56.9 Å². The number of esters is 1. The van der Waals surface area contributed by atoms with Crippen molar-refractivity contribution in [3.05, 3.63) is 72.9 Å². The van der Waals surface area contributed by atoms with E-state index in [2.05, 4.69) is 6.58 Å². The summed E-state index contributed by atoms with van der Waals surface area (Å²) in [6, 6.07) is 0. The van der Waals surface area contributed by atoms with Gasteiger partial charge in [-0.1, -0.05) is 108 Å². The van der Waals surface area contributed by atoms with Crippen LogP contribution < -0.4 is 0 Å². The molecule has 0 spiro atoms. The molecule has 4 N–H and O–H groups in total. The summed E-state index contributed by atoms with van der Waals surface area (Å²) in [5.41, 5.74) is 1.05. The first-order valence-corrected chi connectivity index (χ1v) is 14.2. The largest absolute Gasteiger partial charge is 0.458 e. The van der Waals surface area contributed by atoms with Crippen LogP contribution in [0.2, 0.25) is 0 Å². The van der Waals surface area contributed by atoms with Crippen molar-refractivity contribution in [2.24, 2.45) is 35.5 Å². The molecular weight excluding hydrogens is 492 g/mol. The Balaban J connectivity index is 3.32. The minimum absolute atomic E-state index is 0.103. The van der Waals surface area contributed by atoms with Crippen LogP contribution in [0, 0.1) is 35.5 Å². The van der Waals surface area contributed by atoms with E-state index in [9.17, 15) is 25.2 Å². The highest BCUT2D eigenvalue weighted by molar-refractivity contribution is 5.82. The van der Waals surface area contributed by atoms with E-state index in [0.717, 1.165) is 5.57 Å². The van der Waals surface area contributed by atoms with Gasteiger partial charge in [-0.05, 0) is 19.3 Å². The summed E-state index contributed by atoms with van der Waals surface area (Å²) in [5.74, 6) is -1.69. The summed E-state index contributed by atoms with van der Waals surface area (Å²) in [6.07, 6.45) is 14.4. The van der Waals surface area contributed by atoms with E-state index in [1.165, 1.54) is 6.08 Å². The van der Waals surface area contributed by atoms with Crippen LogP contribution >= 0.6 is 0 Å². The van der Waals surface area contributed by atoms with Crippen molar-refractivity contribution in [1.29, 1.82) is 0 Å². The second-order valence-corrected chi connectivity index (χ2v) is 11.5. The van der Waals surface area contributed by atoms with E-state index in [0.29, 0.717) is 6.42 Å². The lowest BCUT2D eigenvalue weighted by Crippen LogP contribution is -2.40. The fourth-order valence-corrected chi connectivity index (χ4v) is 5.13. The van der Waals surface area contributed by atoms with E-state index in [1.807, 2.05) is 60.6 Å². The molecule has 6 nitrogen and oxygen atoms in total. The molecular formula is C33H52O6. The molecule has 0 aromatic rings. The van der Waals surface area contributed by atoms with E-state index >= 15 is 0 Å². The second-order valence-electron chi connectivity index (χ2n) is 11.5. The first-order chi connectivity index (χ1) is 18.3. The maximum Gasteiger partial charge on any atom is 0.331 e. The van der Waals surface area contributed by atoms with Crippen LogP contribution in [-0.2, 0) is 9.53 Å². The topological polar surface area (TPSA) is 107 Å². The summed E-state index contributed by atoms with van der Waals surface area (Å²) in [4.78, 5) is 12.7. The third-order valence-electron chi connectivity index (χ3n) is 7.71. The molecule has 6 heteroatoms. The number of cyclic esters (lactones) is 1. The number of hydrogen-bond acceptors (Lipinski definition) is 6. The third-order valence-corrected chi connectivity index (χ3v) is 7.71. The lowest BCUT2D eigenvalue weighted by Gasteiger charge is -2.33. The quantitative estimate of drug-likeness (QED) is 0.218. The molecule has 0 bridgehead atoms. The van der Waals surface area contributed by atoms with Gasteiger partial charge in [-0.2, -0.15) is 0 Å². The monoisotopic (exact) mass is 544 g/mol. The van der Waals surface area contributed by atoms with Crippen LogP contribution in [0.1, 0.15) is 61.3 Å². The fraction of sp³-hybridized carbons (Fsp3) is 0.606. The second kappa shape index (κ2) is 17.4. The first kappa shape index (κ1) is 34.8. The summed E-state index contributed by atoms with van der Waals surface area (Å²) in [7, 11) is 0. The number of hydrogen-bond donors (Lipinski definition) is 4. The Morgan fingerprint density at radius 1 is 0.949 bits per heavy atom. The van der Waals surface area contributed by atoms with Crippen molar-refractivity contribution >= 4 is 5.97 Å². The SMILES string of the molecule is C=C/C=C\[C@H](C)[C@@H]1OC(=O)/C=C\C=C\[C@@H](C)[C@@H](O)C[C@H](O)/C=C\[C@H](C)[C@H](O)[C@@H](C)/C=C(/C)C[C@H](C)[C@@H](O)[C@@H]1C. The molecule has 11 atom stereocenters. The van der Waals surface area contributed by atoms with Crippen molar-refractivity contribution in [2.75, 3.05) is 0 Å². The minimum atomic E-state index is -0.847. The van der Waals surface area contributed by atoms with E-state index in [4.69, 9.17) is 4.74 Å². The number of rotatable bonds is 3. The molecule has 0 saturated heterocycles. The standard InChI is InChI=1S/C33H52O6/c1-9-10-13-24(5)33-27(8)32(38)26(7)19-21(2)18-25(6)31(37)23(4)16-17-28(34)20-29(35)22(3)14-11-12-15-30(36)39-33/h9-18,22-29,31-35,37-38H,1,19-20H2,2-8H3/b13-10-,14-11+,15-12-,17-16-,21-18-/t22-,23+,24+,25+,26+,27+,28-,29+,31+,32-,33+/m1/s1. The van der Waals surface area contributed by atoms with Gasteiger partial charge in [-0.25, -0.2) is 4.79 Å². The number of ether oxygens (including phenoxy) is 1. The van der Waals surface area contributed by atoms with Gasteiger partial charge in [0.05, 0.1) is 24.4 Å². The molecule has 1 aliphatic heterocycles. The van der Waals surface area contributed by atoms with Crippen molar-refractivity contribution in [1.82, 2.24) is 0 Å². The number of allylic oxidation sites excluding steroid dienone is 5. The zero-order valence-corrected chi connectivity index (χ0v) is 24.9. The Hall–Kier alpha value is -2.25. The molecule has 1 heterocycles. The highest BCUT2D eigenvalue weighted by Gasteiger charge is 2.33. The molecule has 0 radical (unpaired) electrons. The van der Waals surface area contributed by atoms with Gasteiger partial charge in [0.1, 0.15) is 6.10 Å². The summed E-state index contributed by atoms with van der Waals surface area (Å²) in [6.45, 7) is 17.2. The van der Waals surface area contributed by atoms with Crippen LogP contribution in [0.3, 0.4) is 0 Å². The molecule has 1 rings (SSSR count). The molecule has 0 aliphatic carbocycles. The van der Waals surface area contributed by atoms with Gasteiger partial charge in [0, 0.05) is 42.1 Å². The molecule has 0 unspecified atom stereocenters. The molecule has 0 aromatic heterocycles.